The van der Waals surface area contributed by atoms with E-state index in [1.165, 1.54) is 10.9 Å². The molecule has 0 bridgehead atoms. The summed E-state index contributed by atoms with van der Waals surface area (Å²) in [6, 6.07) is 6.85. The Balaban J connectivity index is 2.39. The summed E-state index contributed by atoms with van der Waals surface area (Å²) in [6.07, 6.45) is 0.798. The van der Waals surface area contributed by atoms with Gasteiger partial charge in [0.25, 0.3) is 0 Å². The lowest BCUT2D eigenvalue weighted by Gasteiger charge is -2.30. The van der Waals surface area contributed by atoms with Crippen molar-refractivity contribution in [3.63, 3.8) is 0 Å². The van der Waals surface area contributed by atoms with E-state index in [0.29, 0.717) is 0 Å². The van der Waals surface area contributed by atoms with Gasteiger partial charge in [0.2, 0.25) is 0 Å². The molecule has 0 spiro atoms. The Morgan fingerprint density at radius 2 is 1.95 bits per heavy atom. The molecule has 5 heteroatoms. The Kier molecular flexibility index (Phi) is 5.37. The molecule has 0 aliphatic heterocycles. The molecule has 1 nitrogen and oxygen atoms in total. The zero-order chi connectivity index (χ0) is 14.8. The summed E-state index contributed by atoms with van der Waals surface area (Å²) in [6.45, 7) is 4.12. The van der Waals surface area contributed by atoms with Crippen LogP contribution in [-0.4, -0.2) is 15.6 Å². The SMILES string of the molecule is Cc1nc(CC(CBr)(CBr)c2cccc(F)c2)sc1C. The second-order valence-electron chi connectivity index (χ2n) is 4.98. The smallest absolute Gasteiger partial charge is 0.123 e. The average Bonchev–Trinajstić information content (AvgIpc) is 2.75. The van der Waals surface area contributed by atoms with Crippen molar-refractivity contribution >= 4 is 43.2 Å². The van der Waals surface area contributed by atoms with Crippen LogP contribution in [0.15, 0.2) is 24.3 Å². The predicted molar refractivity (Wildman–Crippen MR) is 91.0 cm³/mol. The number of hydrogen-bond acceptors (Lipinski definition) is 2. The molecule has 0 saturated carbocycles. The van der Waals surface area contributed by atoms with E-state index in [9.17, 15) is 4.39 Å². The van der Waals surface area contributed by atoms with Crippen LogP contribution in [0.25, 0.3) is 0 Å². The summed E-state index contributed by atoms with van der Waals surface area (Å²) >= 11 is 8.93. The maximum atomic E-state index is 13.5. The lowest BCUT2D eigenvalue weighted by atomic mass is 9.81. The van der Waals surface area contributed by atoms with Crippen molar-refractivity contribution in [2.45, 2.75) is 25.7 Å². The summed E-state index contributed by atoms with van der Waals surface area (Å²) in [5.41, 5.74) is 1.90. The molecule has 20 heavy (non-hydrogen) atoms. The molecule has 0 saturated heterocycles. The number of halogens is 3. The molecule has 2 aromatic rings. The van der Waals surface area contributed by atoms with E-state index in [1.807, 2.05) is 13.0 Å². The van der Waals surface area contributed by atoms with Crippen LogP contribution < -0.4 is 0 Å². The third kappa shape index (κ3) is 3.31. The average molecular weight is 421 g/mol. The minimum absolute atomic E-state index is 0.182. The number of benzene rings is 1. The van der Waals surface area contributed by atoms with Crippen molar-refractivity contribution in [2.24, 2.45) is 0 Å². The molecular formula is C15H16Br2FNS. The standard InChI is InChI=1S/C15H16Br2FNS/c1-10-11(2)20-14(19-10)7-15(8-16,9-17)12-4-3-5-13(18)6-12/h3-6H,7-9H2,1-2H3. The fraction of sp³-hybridized carbons (Fsp3) is 0.400. The monoisotopic (exact) mass is 419 g/mol. The number of hydrogen-bond donors (Lipinski definition) is 0. The van der Waals surface area contributed by atoms with E-state index in [2.05, 4.69) is 43.8 Å². The van der Waals surface area contributed by atoms with Crippen molar-refractivity contribution < 1.29 is 4.39 Å². The van der Waals surface area contributed by atoms with E-state index in [4.69, 9.17) is 0 Å². The highest BCUT2D eigenvalue weighted by atomic mass is 79.9. The highest BCUT2D eigenvalue weighted by molar-refractivity contribution is 9.09. The van der Waals surface area contributed by atoms with Gasteiger partial charge < -0.3 is 0 Å². The van der Waals surface area contributed by atoms with Crippen LogP contribution in [0, 0.1) is 19.7 Å². The van der Waals surface area contributed by atoms with Gasteiger partial charge in [-0.1, -0.05) is 44.0 Å². The van der Waals surface area contributed by atoms with Gasteiger partial charge in [-0.25, -0.2) is 9.37 Å². The number of alkyl halides is 2. The Morgan fingerprint density at radius 1 is 1.25 bits per heavy atom. The first kappa shape index (κ1) is 16.1. The molecule has 1 aromatic heterocycles. The topological polar surface area (TPSA) is 12.9 Å². The van der Waals surface area contributed by atoms with Crippen molar-refractivity contribution in [3.8, 4) is 0 Å². The minimum atomic E-state index is -0.194. The fourth-order valence-corrected chi connectivity index (χ4v) is 5.16. The molecular weight excluding hydrogens is 405 g/mol. The minimum Gasteiger partial charge on any atom is -0.246 e. The number of nitrogens with zero attached hydrogens (tertiary/aromatic N) is 1. The van der Waals surface area contributed by atoms with E-state index in [-0.39, 0.29) is 11.2 Å². The third-order valence-electron chi connectivity index (χ3n) is 3.51. The zero-order valence-electron chi connectivity index (χ0n) is 11.4. The Hall–Kier alpha value is -0.260. The number of aromatic nitrogens is 1. The van der Waals surface area contributed by atoms with Crippen LogP contribution in [-0.2, 0) is 11.8 Å². The van der Waals surface area contributed by atoms with Crippen LogP contribution in [0.4, 0.5) is 4.39 Å². The number of aryl methyl sites for hydroxylation is 2. The van der Waals surface area contributed by atoms with Crippen LogP contribution in [0.2, 0.25) is 0 Å². The second kappa shape index (κ2) is 6.67. The largest absolute Gasteiger partial charge is 0.246 e. The quantitative estimate of drug-likeness (QED) is 0.608. The van der Waals surface area contributed by atoms with E-state index in [0.717, 1.165) is 33.3 Å². The van der Waals surface area contributed by atoms with Crippen LogP contribution in [0.5, 0.6) is 0 Å². The van der Waals surface area contributed by atoms with Crippen LogP contribution in [0.3, 0.4) is 0 Å². The Labute approximate surface area is 139 Å². The molecule has 0 aliphatic carbocycles. The van der Waals surface area contributed by atoms with Crippen molar-refractivity contribution in [1.82, 2.24) is 4.98 Å². The number of rotatable bonds is 5. The third-order valence-corrected chi connectivity index (χ3v) is 6.73. The molecule has 2 rings (SSSR count). The molecule has 0 aliphatic rings. The van der Waals surface area contributed by atoms with Crippen molar-refractivity contribution in [3.05, 3.63) is 51.2 Å². The van der Waals surface area contributed by atoms with Gasteiger partial charge in [-0.05, 0) is 31.5 Å². The molecule has 0 N–H and O–H groups in total. The summed E-state index contributed by atoms with van der Waals surface area (Å²) < 4.78 is 13.5. The first-order valence-corrected chi connectivity index (χ1v) is 9.37. The Bertz CT molecular complexity index is 574. The zero-order valence-corrected chi connectivity index (χ0v) is 15.4. The fourth-order valence-electron chi connectivity index (χ4n) is 2.11. The van der Waals surface area contributed by atoms with Gasteiger partial charge in [-0.2, -0.15) is 0 Å². The van der Waals surface area contributed by atoms with Crippen LogP contribution in [0.1, 0.15) is 21.1 Å². The van der Waals surface area contributed by atoms with Gasteiger partial charge >= 0.3 is 0 Å². The molecule has 0 atom stereocenters. The second-order valence-corrected chi connectivity index (χ2v) is 7.39. The molecule has 0 radical (unpaired) electrons. The first-order valence-electron chi connectivity index (χ1n) is 6.31. The van der Waals surface area contributed by atoms with Gasteiger partial charge in [-0.15, -0.1) is 11.3 Å². The maximum absolute atomic E-state index is 13.5. The van der Waals surface area contributed by atoms with E-state index in [1.54, 1.807) is 23.5 Å². The van der Waals surface area contributed by atoms with Crippen molar-refractivity contribution in [2.75, 3.05) is 10.7 Å². The van der Waals surface area contributed by atoms with Gasteiger partial charge in [0, 0.05) is 27.4 Å². The van der Waals surface area contributed by atoms with Gasteiger partial charge in [-0.3, -0.25) is 0 Å². The summed E-state index contributed by atoms with van der Waals surface area (Å²) in [5.74, 6) is -0.194. The van der Waals surface area contributed by atoms with Gasteiger partial charge in [0.1, 0.15) is 5.82 Å². The highest BCUT2D eigenvalue weighted by Gasteiger charge is 2.32. The highest BCUT2D eigenvalue weighted by Crippen LogP contribution is 2.34. The van der Waals surface area contributed by atoms with Crippen LogP contribution >= 0.6 is 43.2 Å². The van der Waals surface area contributed by atoms with E-state index >= 15 is 0 Å². The predicted octanol–water partition coefficient (Wildman–Crippen LogP) is 5.17. The molecule has 1 heterocycles. The van der Waals surface area contributed by atoms with Gasteiger partial charge in [0.05, 0.1) is 10.7 Å². The molecule has 0 unspecified atom stereocenters. The summed E-state index contributed by atoms with van der Waals surface area (Å²) in [4.78, 5) is 5.87. The van der Waals surface area contributed by atoms with Crippen molar-refractivity contribution in [1.29, 1.82) is 0 Å². The number of thiazole rings is 1. The molecule has 0 amide bonds. The lowest BCUT2D eigenvalue weighted by Crippen LogP contribution is -2.33. The summed E-state index contributed by atoms with van der Waals surface area (Å²) in [7, 11) is 0. The normalized spacial score (nSPS) is 11.8. The first-order chi connectivity index (χ1) is 9.50. The van der Waals surface area contributed by atoms with E-state index < -0.39 is 0 Å². The molecule has 1 aromatic carbocycles. The maximum Gasteiger partial charge on any atom is 0.123 e. The molecule has 108 valence electrons. The summed E-state index contributed by atoms with van der Waals surface area (Å²) in [5, 5.41) is 2.61. The molecule has 0 fully saturated rings. The van der Waals surface area contributed by atoms with Gasteiger partial charge in [0.15, 0.2) is 0 Å². The Morgan fingerprint density at radius 3 is 2.45 bits per heavy atom. The lowest BCUT2D eigenvalue weighted by molar-refractivity contribution is 0.539.